The van der Waals surface area contributed by atoms with E-state index < -0.39 is 13.8 Å². The van der Waals surface area contributed by atoms with E-state index in [0.29, 0.717) is 6.42 Å². The Labute approximate surface area is 266 Å². The molecular weight excluding hydrogens is 559 g/mol. The van der Waals surface area contributed by atoms with Crippen molar-refractivity contribution in [3.8, 4) is 0 Å². The van der Waals surface area contributed by atoms with E-state index in [4.69, 9.17) is 14.9 Å². The fourth-order valence-corrected chi connectivity index (χ4v) is 5.25. The lowest BCUT2D eigenvalue weighted by atomic mass is 10.1. The summed E-state index contributed by atoms with van der Waals surface area (Å²) >= 11 is 0. The smallest absolute Gasteiger partial charge is 0.469 e. The summed E-state index contributed by atoms with van der Waals surface area (Å²) < 4.78 is 14.9. The van der Waals surface area contributed by atoms with Crippen LogP contribution in [0.5, 0.6) is 0 Å². The Balaban J connectivity index is 0. The van der Waals surface area contributed by atoms with Crippen LogP contribution in [-0.4, -0.2) is 27.5 Å². The molecule has 0 unspecified atom stereocenters. The molecule has 0 amide bonds. The van der Waals surface area contributed by atoms with Gasteiger partial charge in [-0.3, -0.25) is 9.32 Å². The van der Waals surface area contributed by atoms with Crippen LogP contribution in [0.3, 0.4) is 0 Å². The second-order valence-electron chi connectivity index (χ2n) is 12.0. The molecule has 7 heteroatoms. The number of phosphoric ester groups is 1. The Morgan fingerprint density at radius 1 is 0.512 bits per heavy atom. The number of hydrogen-bond donors (Lipinski definition) is 3. The van der Waals surface area contributed by atoms with Gasteiger partial charge in [0.05, 0.1) is 6.61 Å². The Hall–Kier alpha value is -0.940. The molecule has 0 aromatic heterocycles. The summed E-state index contributed by atoms with van der Waals surface area (Å²) in [6.07, 6.45) is 43.0. The molecule has 0 atom stereocenters. The monoisotopic (exact) mass is 630 g/mol. The fraction of sp³-hybridized carbons (Fsp3) is 0.861. The van der Waals surface area contributed by atoms with Crippen molar-refractivity contribution in [2.75, 3.05) is 6.61 Å². The first-order valence-corrected chi connectivity index (χ1v) is 19.6. The molecule has 0 bridgehead atoms. The SMILES string of the molecule is CCCCCCCC/C=C\CCCCCCCC(=O)O.CCCCCCCC/C=C\CCCCCCCCOP(=O)(O)O. The zero-order valence-corrected chi connectivity index (χ0v) is 29.2. The van der Waals surface area contributed by atoms with E-state index in [1.165, 1.54) is 141 Å². The van der Waals surface area contributed by atoms with Crippen LogP contribution >= 0.6 is 7.82 Å². The van der Waals surface area contributed by atoms with E-state index >= 15 is 0 Å². The van der Waals surface area contributed by atoms with E-state index in [1.54, 1.807) is 0 Å². The quantitative estimate of drug-likeness (QED) is 0.0388. The standard InChI is InChI=1S/C18H37O4P.C18H34O2/c1-2-3-4-5-6-7-8-9-10-11-12-13-14-15-16-17-18-22-23(19,20)21;1-2-3-4-5-6-7-8-9-10-11-12-13-14-15-16-17-18(19)20/h9-10H,2-8,11-18H2,1H3,(H2,19,20,21);9-10H,2-8,11-17H2,1H3,(H,19,20)/b2*10-9-. The summed E-state index contributed by atoms with van der Waals surface area (Å²) in [6, 6.07) is 0. The molecular formula is C36H71O6P. The maximum absolute atomic E-state index is 10.5. The van der Waals surface area contributed by atoms with Crippen molar-refractivity contribution in [2.45, 2.75) is 194 Å². The third-order valence-corrected chi connectivity index (χ3v) is 8.09. The normalized spacial score (nSPS) is 11.8. The van der Waals surface area contributed by atoms with Crippen LogP contribution in [0.25, 0.3) is 0 Å². The van der Waals surface area contributed by atoms with Crippen LogP contribution in [0.1, 0.15) is 194 Å². The van der Waals surface area contributed by atoms with Crippen molar-refractivity contribution in [1.82, 2.24) is 0 Å². The minimum Gasteiger partial charge on any atom is -0.481 e. The molecule has 6 nitrogen and oxygen atoms in total. The molecule has 0 saturated carbocycles. The number of carbonyl (C=O) groups is 1. The van der Waals surface area contributed by atoms with Gasteiger partial charge in [-0.1, -0.05) is 147 Å². The zero-order valence-electron chi connectivity index (χ0n) is 28.3. The second-order valence-corrected chi connectivity index (χ2v) is 13.2. The van der Waals surface area contributed by atoms with E-state index in [2.05, 4.69) is 42.7 Å². The molecule has 0 saturated heterocycles. The highest BCUT2D eigenvalue weighted by molar-refractivity contribution is 7.46. The number of carboxylic acids is 1. The molecule has 256 valence electrons. The van der Waals surface area contributed by atoms with E-state index in [1.807, 2.05) is 0 Å². The van der Waals surface area contributed by atoms with Crippen molar-refractivity contribution >= 4 is 13.8 Å². The van der Waals surface area contributed by atoms with E-state index in [9.17, 15) is 9.36 Å². The predicted molar refractivity (Wildman–Crippen MR) is 185 cm³/mol. The van der Waals surface area contributed by atoms with Crippen LogP contribution in [0.4, 0.5) is 0 Å². The molecule has 0 aliphatic carbocycles. The van der Waals surface area contributed by atoms with Crippen molar-refractivity contribution in [2.24, 2.45) is 0 Å². The second kappa shape index (κ2) is 37.2. The lowest BCUT2D eigenvalue weighted by Crippen LogP contribution is -1.93. The maximum Gasteiger partial charge on any atom is 0.469 e. The van der Waals surface area contributed by atoms with Gasteiger partial charge in [0.15, 0.2) is 0 Å². The third-order valence-electron chi connectivity index (χ3n) is 7.57. The van der Waals surface area contributed by atoms with Crippen LogP contribution in [0.2, 0.25) is 0 Å². The molecule has 0 aromatic carbocycles. The highest BCUT2D eigenvalue weighted by Gasteiger charge is 2.12. The summed E-state index contributed by atoms with van der Waals surface area (Å²) in [7, 11) is -4.26. The first-order chi connectivity index (χ1) is 20.8. The number of carboxylic acid groups (broad SMARTS) is 1. The Bertz CT molecular complexity index is 658. The van der Waals surface area contributed by atoms with Gasteiger partial charge in [0.25, 0.3) is 0 Å². The van der Waals surface area contributed by atoms with Gasteiger partial charge in [-0.2, -0.15) is 0 Å². The largest absolute Gasteiger partial charge is 0.481 e. The van der Waals surface area contributed by atoms with Crippen LogP contribution in [0.15, 0.2) is 24.3 Å². The molecule has 0 heterocycles. The first-order valence-electron chi connectivity index (χ1n) is 18.0. The lowest BCUT2D eigenvalue weighted by molar-refractivity contribution is -0.137. The van der Waals surface area contributed by atoms with Gasteiger partial charge in [0.2, 0.25) is 0 Å². The van der Waals surface area contributed by atoms with Crippen molar-refractivity contribution in [3.05, 3.63) is 24.3 Å². The van der Waals surface area contributed by atoms with Crippen LogP contribution in [0, 0.1) is 0 Å². The molecule has 0 spiro atoms. The van der Waals surface area contributed by atoms with Crippen molar-refractivity contribution in [3.63, 3.8) is 0 Å². The Morgan fingerprint density at radius 2 is 0.814 bits per heavy atom. The van der Waals surface area contributed by atoms with Crippen LogP contribution in [-0.2, 0) is 13.9 Å². The van der Waals surface area contributed by atoms with Crippen LogP contribution < -0.4 is 0 Å². The van der Waals surface area contributed by atoms with Gasteiger partial charge in [-0.15, -0.1) is 0 Å². The minimum absolute atomic E-state index is 0.158. The lowest BCUT2D eigenvalue weighted by Gasteiger charge is -2.04. The Morgan fingerprint density at radius 3 is 1.14 bits per heavy atom. The highest BCUT2D eigenvalue weighted by atomic mass is 31.2. The molecule has 3 N–H and O–H groups in total. The highest BCUT2D eigenvalue weighted by Crippen LogP contribution is 2.35. The third kappa shape index (κ3) is 48.2. The fourth-order valence-electron chi connectivity index (χ4n) is 4.88. The molecule has 43 heavy (non-hydrogen) atoms. The van der Waals surface area contributed by atoms with Gasteiger partial charge in [-0.05, 0) is 64.2 Å². The van der Waals surface area contributed by atoms with Gasteiger partial charge in [-0.25, -0.2) is 4.57 Å². The number of phosphoric acid groups is 1. The summed E-state index contributed by atoms with van der Waals surface area (Å²) in [5.74, 6) is -0.664. The number of hydrogen-bond acceptors (Lipinski definition) is 3. The van der Waals surface area contributed by atoms with Gasteiger partial charge in [0.1, 0.15) is 0 Å². The average molecular weight is 631 g/mol. The minimum atomic E-state index is -4.26. The molecule has 0 rings (SSSR count). The van der Waals surface area contributed by atoms with Gasteiger partial charge >= 0.3 is 13.8 Å². The molecule has 0 aliphatic heterocycles. The number of rotatable bonds is 32. The van der Waals surface area contributed by atoms with Gasteiger partial charge in [0, 0.05) is 6.42 Å². The number of unbranched alkanes of at least 4 members (excludes halogenated alkanes) is 23. The maximum atomic E-state index is 10.5. The molecule has 0 radical (unpaired) electrons. The number of aliphatic carboxylic acids is 1. The molecule has 0 aliphatic rings. The average Bonchev–Trinajstić information content (AvgIpc) is 2.96. The summed E-state index contributed by atoms with van der Waals surface area (Å²) in [6.45, 7) is 4.67. The Kier molecular flexibility index (Phi) is 38.3. The van der Waals surface area contributed by atoms with E-state index in [-0.39, 0.29) is 6.61 Å². The van der Waals surface area contributed by atoms with Gasteiger partial charge < -0.3 is 14.9 Å². The number of allylic oxidation sites excluding steroid dienone is 4. The van der Waals surface area contributed by atoms with Crippen molar-refractivity contribution in [1.29, 1.82) is 0 Å². The summed E-state index contributed by atoms with van der Waals surface area (Å²) in [5, 5.41) is 8.51. The predicted octanol–water partition coefficient (Wildman–Crippen LogP) is 12.2. The molecule has 0 aromatic rings. The zero-order chi connectivity index (χ0) is 32.1. The first kappa shape index (κ1) is 44.2. The van der Waals surface area contributed by atoms with Crippen molar-refractivity contribution < 1.29 is 28.8 Å². The summed E-state index contributed by atoms with van der Waals surface area (Å²) in [5.41, 5.74) is 0. The summed E-state index contributed by atoms with van der Waals surface area (Å²) in [4.78, 5) is 27.4. The van der Waals surface area contributed by atoms with E-state index in [0.717, 1.165) is 32.1 Å². The molecule has 0 fully saturated rings. The topological polar surface area (TPSA) is 104 Å².